The SMILES string of the molecule is CCN=C(N)NC(=N)N=C=O. The highest BCUT2D eigenvalue weighted by molar-refractivity contribution is 5.98. The molecule has 0 aromatic carbocycles. The van der Waals surface area contributed by atoms with E-state index in [1.165, 1.54) is 6.08 Å². The summed E-state index contributed by atoms with van der Waals surface area (Å²) in [6, 6.07) is 0. The first kappa shape index (κ1) is 9.32. The van der Waals surface area contributed by atoms with Gasteiger partial charge in [0.1, 0.15) is 0 Å². The van der Waals surface area contributed by atoms with Crippen LogP contribution in [0.1, 0.15) is 6.92 Å². The van der Waals surface area contributed by atoms with Crippen LogP contribution < -0.4 is 11.1 Å². The van der Waals surface area contributed by atoms with Crippen molar-refractivity contribution in [2.24, 2.45) is 15.7 Å². The van der Waals surface area contributed by atoms with Crippen molar-refractivity contribution in [3.8, 4) is 0 Å². The molecule has 0 fully saturated rings. The lowest BCUT2D eigenvalue weighted by Gasteiger charge is -1.98. The highest BCUT2D eigenvalue weighted by Crippen LogP contribution is 1.69. The predicted octanol–water partition coefficient (Wildman–Crippen LogP) is -0.819. The van der Waals surface area contributed by atoms with Crippen LogP contribution in [0.5, 0.6) is 0 Å². The smallest absolute Gasteiger partial charge is 0.243 e. The molecule has 0 spiro atoms. The van der Waals surface area contributed by atoms with Crippen molar-refractivity contribution in [3.63, 3.8) is 0 Å². The lowest BCUT2D eigenvalue weighted by atomic mass is 10.7. The van der Waals surface area contributed by atoms with Crippen LogP contribution >= 0.6 is 0 Å². The fourth-order valence-corrected chi connectivity index (χ4v) is 0.405. The molecule has 60 valence electrons. The summed E-state index contributed by atoms with van der Waals surface area (Å²) in [5, 5.41) is 9.16. The number of carbonyl (C=O) groups excluding carboxylic acids is 1. The number of hydrogen-bond acceptors (Lipinski definition) is 3. The molecule has 0 aromatic rings. The van der Waals surface area contributed by atoms with E-state index in [-0.39, 0.29) is 11.9 Å². The Morgan fingerprint density at radius 2 is 2.45 bits per heavy atom. The number of aliphatic imine (C=N–C) groups is 2. The number of hydrogen-bond donors (Lipinski definition) is 3. The molecule has 0 saturated heterocycles. The number of nitrogens with two attached hydrogens (primary N) is 1. The zero-order valence-corrected chi connectivity index (χ0v) is 6.09. The molecule has 0 bridgehead atoms. The Morgan fingerprint density at radius 3 is 2.91 bits per heavy atom. The lowest BCUT2D eigenvalue weighted by Crippen LogP contribution is -2.35. The van der Waals surface area contributed by atoms with Gasteiger partial charge in [0.25, 0.3) is 0 Å². The summed E-state index contributed by atoms with van der Waals surface area (Å²) in [5.41, 5.74) is 5.22. The Morgan fingerprint density at radius 1 is 1.82 bits per heavy atom. The van der Waals surface area contributed by atoms with Gasteiger partial charge in [-0.3, -0.25) is 15.7 Å². The van der Waals surface area contributed by atoms with Gasteiger partial charge in [0, 0.05) is 6.54 Å². The van der Waals surface area contributed by atoms with E-state index in [1.54, 1.807) is 6.92 Å². The normalized spacial score (nSPS) is 10.1. The summed E-state index contributed by atoms with van der Waals surface area (Å²) < 4.78 is 0. The molecule has 6 nitrogen and oxygen atoms in total. The number of guanidine groups is 2. The van der Waals surface area contributed by atoms with Crippen molar-refractivity contribution in [1.29, 1.82) is 5.41 Å². The maximum atomic E-state index is 9.60. The predicted molar refractivity (Wildman–Crippen MR) is 41.1 cm³/mol. The van der Waals surface area contributed by atoms with Crippen molar-refractivity contribution in [1.82, 2.24) is 5.32 Å². The molecule has 0 aliphatic heterocycles. The second-order valence-corrected chi connectivity index (χ2v) is 1.54. The molecule has 0 atom stereocenters. The fourth-order valence-electron chi connectivity index (χ4n) is 0.405. The van der Waals surface area contributed by atoms with E-state index < -0.39 is 0 Å². The minimum atomic E-state index is -0.366. The minimum absolute atomic E-state index is 0.0662. The Hall–Kier alpha value is -1.68. The van der Waals surface area contributed by atoms with Crippen LogP contribution in [0.3, 0.4) is 0 Å². The maximum Gasteiger partial charge on any atom is 0.243 e. The lowest BCUT2D eigenvalue weighted by molar-refractivity contribution is 0.565. The second-order valence-electron chi connectivity index (χ2n) is 1.54. The molecule has 0 aromatic heterocycles. The summed E-state index contributed by atoms with van der Waals surface area (Å²) in [6.07, 6.45) is 1.19. The van der Waals surface area contributed by atoms with Gasteiger partial charge in [0.05, 0.1) is 0 Å². The van der Waals surface area contributed by atoms with E-state index in [0.29, 0.717) is 6.54 Å². The van der Waals surface area contributed by atoms with E-state index in [1.807, 2.05) is 0 Å². The Kier molecular flexibility index (Phi) is 4.35. The van der Waals surface area contributed by atoms with Crippen LogP contribution in [0, 0.1) is 5.41 Å². The van der Waals surface area contributed by atoms with Crippen molar-refractivity contribution < 1.29 is 4.79 Å². The molecule has 0 aliphatic carbocycles. The van der Waals surface area contributed by atoms with Crippen molar-refractivity contribution in [2.45, 2.75) is 6.92 Å². The largest absolute Gasteiger partial charge is 0.370 e. The summed E-state index contributed by atoms with van der Waals surface area (Å²) >= 11 is 0. The topological polar surface area (TPSA) is 104 Å². The second kappa shape index (κ2) is 5.13. The highest BCUT2D eigenvalue weighted by atomic mass is 16.1. The van der Waals surface area contributed by atoms with Crippen LogP contribution in [-0.2, 0) is 4.79 Å². The third kappa shape index (κ3) is 4.80. The van der Waals surface area contributed by atoms with Gasteiger partial charge in [-0.2, -0.15) is 0 Å². The molecular weight excluding hydrogens is 146 g/mol. The number of nitrogens with zero attached hydrogens (tertiary/aromatic N) is 2. The summed E-state index contributed by atoms with van der Waals surface area (Å²) in [6.45, 7) is 2.30. The summed E-state index contributed by atoms with van der Waals surface area (Å²) in [7, 11) is 0. The molecule has 6 heteroatoms. The monoisotopic (exact) mass is 155 g/mol. The zero-order chi connectivity index (χ0) is 8.69. The molecule has 11 heavy (non-hydrogen) atoms. The van der Waals surface area contributed by atoms with Gasteiger partial charge < -0.3 is 5.73 Å². The molecule has 0 heterocycles. The first-order valence-corrected chi connectivity index (χ1v) is 2.94. The van der Waals surface area contributed by atoms with Crippen molar-refractivity contribution in [2.75, 3.05) is 6.54 Å². The highest BCUT2D eigenvalue weighted by Gasteiger charge is 1.92. The van der Waals surface area contributed by atoms with Crippen molar-refractivity contribution >= 4 is 18.0 Å². The van der Waals surface area contributed by atoms with Crippen LogP contribution in [0.2, 0.25) is 0 Å². The molecule has 0 aliphatic rings. The van der Waals surface area contributed by atoms with Crippen LogP contribution in [0.4, 0.5) is 0 Å². The minimum Gasteiger partial charge on any atom is -0.370 e. The number of isocyanates is 1. The first-order chi connectivity index (χ1) is 5.20. The third-order valence-corrected chi connectivity index (χ3v) is 0.732. The molecule has 0 unspecified atom stereocenters. The van der Waals surface area contributed by atoms with Gasteiger partial charge in [0.2, 0.25) is 12.0 Å². The van der Waals surface area contributed by atoms with Crippen molar-refractivity contribution in [3.05, 3.63) is 0 Å². The number of nitrogens with one attached hydrogen (secondary N) is 2. The average Bonchev–Trinajstić information content (AvgIpc) is 1.87. The standard InChI is InChI=1S/C5H9N5O/c1-2-8-4(6)10-5(7)9-3-11/h2H2,1H3,(H4,6,7,8,10). The van der Waals surface area contributed by atoms with Gasteiger partial charge in [-0.05, 0) is 6.92 Å². The Balaban J connectivity index is 3.94. The van der Waals surface area contributed by atoms with Gasteiger partial charge in [-0.25, -0.2) is 4.79 Å². The maximum absolute atomic E-state index is 9.60. The molecule has 0 saturated carbocycles. The van der Waals surface area contributed by atoms with E-state index in [2.05, 4.69) is 15.3 Å². The summed E-state index contributed by atoms with van der Waals surface area (Å²) in [4.78, 5) is 16.3. The molecular formula is C5H9N5O. The van der Waals surface area contributed by atoms with Crippen LogP contribution in [0.25, 0.3) is 0 Å². The van der Waals surface area contributed by atoms with E-state index in [4.69, 9.17) is 11.1 Å². The van der Waals surface area contributed by atoms with Gasteiger partial charge in [-0.15, -0.1) is 4.99 Å². The quantitative estimate of drug-likeness (QED) is 0.262. The Labute approximate surface area is 63.7 Å². The number of rotatable bonds is 1. The average molecular weight is 155 g/mol. The van der Waals surface area contributed by atoms with E-state index in [9.17, 15) is 4.79 Å². The molecule has 0 rings (SSSR count). The first-order valence-electron chi connectivity index (χ1n) is 2.94. The van der Waals surface area contributed by atoms with Gasteiger partial charge in [-0.1, -0.05) is 0 Å². The van der Waals surface area contributed by atoms with Gasteiger partial charge in [0.15, 0.2) is 5.96 Å². The summed E-state index contributed by atoms with van der Waals surface area (Å²) in [5.74, 6) is -0.300. The molecule has 4 N–H and O–H groups in total. The molecule has 0 amide bonds. The van der Waals surface area contributed by atoms with E-state index >= 15 is 0 Å². The Bertz CT molecular complexity index is 215. The zero-order valence-electron chi connectivity index (χ0n) is 6.09. The van der Waals surface area contributed by atoms with Gasteiger partial charge >= 0.3 is 0 Å². The van der Waals surface area contributed by atoms with Crippen LogP contribution in [-0.4, -0.2) is 24.5 Å². The fraction of sp³-hybridized carbons (Fsp3) is 0.400. The van der Waals surface area contributed by atoms with Crippen LogP contribution in [0.15, 0.2) is 9.98 Å². The molecule has 0 radical (unpaired) electrons. The van der Waals surface area contributed by atoms with E-state index in [0.717, 1.165) is 0 Å². The third-order valence-electron chi connectivity index (χ3n) is 0.732.